The summed E-state index contributed by atoms with van der Waals surface area (Å²) in [6.07, 6.45) is 0. The number of carbonyl (C=O) groups is 1. The van der Waals surface area contributed by atoms with Gasteiger partial charge in [-0.25, -0.2) is 0 Å². The van der Waals surface area contributed by atoms with E-state index in [1.54, 1.807) is 50.4 Å². The van der Waals surface area contributed by atoms with E-state index in [2.05, 4.69) is 0 Å². The van der Waals surface area contributed by atoms with Crippen molar-refractivity contribution >= 4 is 5.91 Å². The van der Waals surface area contributed by atoms with Gasteiger partial charge in [-0.1, -0.05) is 6.07 Å². The van der Waals surface area contributed by atoms with Crippen LogP contribution in [0.2, 0.25) is 0 Å². The number of ether oxygens (including phenoxy) is 3. The highest BCUT2D eigenvalue weighted by atomic mass is 16.5. The Bertz CT molecular complexity index is 682. The van der Waals surface area contributed by atoms with Crippen molar-refractivity contribution in [3.05, 3.63) is 53.6 Å². The Morgan fingerprint density at radius 2 is 1.71 bits per heavy atom. The number of amides is 1. The van der Waals surface area contributed by atoms with Gasteiger partial charge in [0.15, 0.2) is 11.5 Å². The predicted molar refractivity (Wildman–Crippen MR) is 93.0 cm³/mol. The summed E-state index contributed by atoms with van der Waals surface area (Å²) in [5.41, 5.74) is 1.59. The van der Waals surface area contributed by atoms with Gasteiger partial charge < -0.3 is 19.1 Å². The molecule has 128 valence electrons. The molecule has 0 atom stereocenters. The summed E-state index contributed by atoms with van der Waals surface area (Å²) in [5, 5.41) is 0. The Morgan fingerprint density at radius 3 is 2.29 bits per heavy atom. The molecular formula is C19H23NO4. The molecule has 0 unspecified atom stereocenters. The zero-order valence-electron chi connectivity index (χ0n) is 14.5. The van der Waals surface area contributed by atoms with Crippen LogP contribution >= 0.6 is 0 Å². The number of rotatable bonds is 7. The summed E-state index contributed by atoms with van der Waals surface area (Å²) in [6.45, 7) is 2.98. The SMILES string of the molecule is CCOc1ccc(CN(C)C(=O)c2ccc(OC)cc2)cc1OC. The van der Waals surface area contributed by atoms with Crippen molar-refractivity contribution < 1.29 is 19.0 Å². The summed E-state index contributed by atoms with van der Waals surface area (Å²) in [4.78, 5) is 14.2. The van der Waals surface area contributed by atoms with Crippen LogP contribution in [0.1, 0.15) is 22.8 Å². The molecule has 5 heteroatoms. The van der Waals surface area contributed by atoms with Crippen LogP contribution in [-0.2, 0) is 6.54 Å². The summed E-state index contributed by atoms with van der Waals surface area (Å²) in [6, 6.07) is 12.8. The zero-order chi connectivity index (χ0) is 17.5. The van der Waals surface area contributed by atoms with Gasteiger partial charge in [0.1, 0.15) is 5.75 Å². The van der Waals surface area contributed by atoms with Crippen LogP contribution in [0.4, 0.5) is 0 Å². The molecule has 0 bridgehead atoms. The molecule has 0 aliphatic rings. The molecule has 24 heavy (non-hydrogen) atoms. The molecule has 0 aliphatic carbocycles. The Labute approximate surface area is 142 Å². The minimum absolute atomic E-state index is 0.0505. The Hall–Kier alpha value is -2.69. The van der Waals surface area contributed by atoms with Gasteiger partial charge in [-0.3, -0.25) is 4.79 Å². The molecule has 0 radical (unpaired) electrons. The lowest BCUT2D eigenvalue weighted by atomic mass is 10.1. The van der Waals surface area contributed by atoms with Crippen molar-refractivity contribution in [2.75, 3.05) is 27.9 Å². The molecule has 0 N–H and O–H groups in total. The summed E-state index contributed by atoms with van der Waals surface area (Å²) in [5.74, 6) is 2.04. The number of methoxy groups -OCH3 is 2. The van der Waals surface area contributed by atoms with Gasteiger partial charge in [0.2, 0.25) is 0 Å². The minimum atomic E-state index is -0.0505. The van der Waals surface area contributed by atoms with Crippen LogP contribution in [0.15, 0.2) is 42.5 Å². The quantitative estimate of drug-likeness (QED) is 0.781. The summed E-state index contributed by atoms with van der Waals surface area (Å²) < 4.78 is 16.0. The van der Waals surface area contributed by atoms with E-state index >= 15 is 0 Å². The molecule has 0 saturated heterocycles. The lowest BCUT2D eigenvalue weighted by molar-refractivity contribution is 0.0785. The van der Waals surface area contributed by atoms with Crippen molar-refractivity contribution in [1.29, 1.82) is 0 Å². The third kappa shape index (κ3) is 4.19. The number of hydrogen-bond donors (Lipinski definition) is 0. The Kier molecular flexibility index (Phi) is 6.07. The second kappa shape index (κ2) is 8.24. The van der Waals surface area contributed by atoms with Crippen molar-refractivity contribution in [3.8, 4) is 17.2 Å². The van der Waals surface area contributed by atoms with E-state index in [1.807, 2.05) is 25.1 Å². The number of benzene rings is 2. The molecule has 0 heterocycles. The van der Waals surface area contributed by atoms with Crippen molar-refractivity contribution in [1.82, 2.24) is 4.90 Å². The van der Waals surface area contributed by atoms with Gasteiger partial charge in [-0.15, -0.1) is 0 Å². The number of nitrogens with zero attached hydrogens (tertiary/aromatic N) is 1. The number of carbonyl (C=O) groups excluding carboxylic acids is 1. The van der Waals surface area contributed by atoms with Crippen molar-refractivity contribution in [2.24, 2.45) is 0 Å². The second-order valence-electron chi connectivity index (χ2n) is 5.31. The lowest BCUT2D eigenvalue weighted by Crippen LogP contribution is -2.26. The zero-order valence-corrected chi connectivity index (χ0v) is 14.5. The topological polar surface area (TPSA) is 48.0 Å². The van der Waals surface area contributed by atoms with E-state index in [0.29, 0.717) is 30.2 Å². The average Bonchev–Trinajstić information content (AvgIpc) is 2.62. The van der Waals surface area contributed by atoms with Gasteiger partial charge in [-0.2, -0.15) is 0 Å². The molecule has 2 rings (SSSR count). The van der Waals surface area contributed by atoms with E-state index in [1.165, 1.54) is 0 Å². The first-order valence-corrected chi connectivity index (χ1v) is 7.78. The second-order valence-corrected chi connectivity index (χ2v) is 5.31. The van der Waals surface area contributed by atoms with Gasteiger partial charge in [0.05, 0.1) is 20.8 Å². The largest absolute Gasteiger partial charge is 0.497 e. The first kappa shape index (κ1) is 17.7. The smallest absolute Gasteiger partial charge is 0.253 e. The van der Waals surface area contributed by atoms with Crippen LogP contribution in [0.3, 0.4) is 0 Å². The highest BCUT2D eigenvalue weighted by Crippen LogP contribution is 2.28. The van der Waals surface area contributed by atoms with Gasteiger partial charge >= 0.3 is 0 Å². The van der Waals surface area contributed by atoms with Gasteiger partial charge in [0, 0.05) is 19.2 Å². The molecule has 2 aromatic rings. The van der Waals surface area contributed by atoms with Crippen LogP contribution in [0.25, 0.3) is 0 Å². The minimum Gasteiger partial charge on any atom is -0.497 e. The fraction of sp³-hybridized carbons (Fsp3) is 0.316. The van der Waals surface area contributed by atoms with E-state index in [0.717, 1.165) is 11.3 Å². The standard InChI is InChI=1S/C19H23NO4/c1-5-24-17-11-6-14(12-18(17)23-4)13-20(2)19(21)15-7-9-16(22-3)10-8-15/h6-12H,5,13H2,1-4H3. The maximum absolute atomic E-state index is 12.5. The Balaban J connectivity index is 2.10. The fourth-order valence-electron chi connectivity index (χ4n) is 2.38. The molecule has 2 aromatic carbocycles. The molecule has 0 fully saturated rings. The molecular weight excluding hydrogens is 306 g/mol. The molecule has 0 aromatic heterocycles. The predicted octanol–water partition coefficient (Wildman–Crippen LogP) is 3.37. The van der Waals surface area contributed by atoms with Crippen molar-refractivity contribution in [3.63, 3.8) is 0 Å². The summed E-state index contributed by atoms with van der Waals surface area (Å²) in [7, 11) is 4.98. The highest BCUT2D eigenvalue weighted by molar-refractivity contribution is 5.94. The van der Waals surface area contributed by atoms with E-state index in [9.17, 15) is 4.79 Å². The van der Waals surface area contributed by atoms with E-state index in [-0.39, 0.29) is 5.91 Å². The van der Waals surface area contributed by atoms with Gasteiger partial charge in [0.25, 0.3) is 5.91 Å². The maximum atomic E-state index is 12.5. The van der Waals surface area contributed by atoms with E-state index < -0.39 is 0 Å². The Morgan fingerprint density at radius 1 is 1.00 bits per heavy atom. The highest BCUT2D eigenvalue weighted by Gasteiger charge is 2.13. The monoisotopic (exact) mass is 329 g/mol. The normalized spacial score (nSPS) is 10.2. The molecule has 0 aliphatic heterocycles. The lowest BCUT2D eigenvalue weighted by Gasteiger charge is -2.18. The first-order valence-electron chi connectivity index (χ1n) is 7.78. The molecule has 0 saturated carbocycles. The summed E-state index contributed by atoms with van der Waals surface area (Å²) >= 11 is 0. The van der Waals surface area contributed by atoms with Crippen molar-refractivity contribution in [2.45, 2.75) is 13.5 Å². The molecule has 5 nitrogen and oxygen atoms in total. The third-order valence-electron chi connectivity index (χ3n) is 3.63. The van der Waals surface area contributed by atoms with Crippen LogP contribution in [0, 0.1) is 0 Å². The third-order valence-corrected chi connectivity index (χ3v) is 3.63. The van der Waals surface area contributed by atoms with Gasteiger partial charge in [-0.05, 0) is 48.9 Å². The number of hydrogen-bond acceptors (Lipinski definition) is 4. The maximum Gasteiger partial charge on any atom is 0.253 e. The average molecular weight is 329 g/mol. The van der Waals surface area contributed by atoms with Crippen LogP contribution in [0.5, 0.6) is 17.2 Å². The van der Waals surface area contributed by atoms with Crippen LogP contribution in [-0.4, -0.2) is 38.7 Å². The molecule has 0 spiro atoms. The first-order chi connectivity index (χ1) is 11.6. The molecule has 1 amide bonds. The fourth-order valence-corrected chi connectivity index (χ4v) is 2.38. The van der Waals surface area contributed by atoms with E-state index in [4.69, 9.17) is 14.2 Å². The van der Waals surface area contributed by atoms with Crippen LogP contribution < -0.4 is 14.2 Å².